The van der Waals surface area contributed by atoms with E-state index >= 15 is 0 Å². The van der Waals surface area contributed by atoms with Crippen molar-refractivity contribution in [1.29, 1.82) is 0 Å². The minimum absolute atomic E-state index is 0.158. The van der Waals surface area contributed by atoms with Gasteiger partial charge in [0.15, 0.2) is 6.29 Å². The van der Waals surface area contributed by atoms with Crippen molar-refractivity contribution in [3.63, 3.8) is 0 Å². The van der Waals surface area contributed by atoms with Crippen molar-refractivity contribution < 1.29 is 14.3 Å². The second kappa shape index (κ2) is 10.9. The highest BCUT2D eigenvalue weighted by molar-refractivity contribution is 6.36. The van der Waals surface area contributed by atoms with Crippen LogP contribution in [0.4, 0.5) is 5.69 Å². The van der Waals surface area contributed by atoms with Gasteiger partial charge in [0.2, 0.25) is 5.88 Å². The molecule has 38 heavy (non-hydrogen) atoms. The Morgan fingerprint density at radius 3 is 2.45 bits per heavy atom. The summed E-state index contributed by atoms with van der Waals surface area (Å²) >= 11 is 6.86. The van der Waals surface area contributed by atoms with Crippen molar-refractivity contribution in [3.05, 3.63) is 97.3 Å². The zero-order valence-corrected chi connectivity index (χ0v) is 22.0. The van der Waals surface area contributed by atoms with E-state index in [2.05, 4.69) is 10.3 Å². The third-order valence-electron chi connectivity index (χ3n) is 6.14. The van der Waals surface area contributed by atoms with Gasteiger partial charge in [-0.15, -0.1) is 0 Å². The third kappa shape index (κ3) is 4.88. The summed E-state index contributed by atoms with van der Waals surface area (Å²) in [6.45, 7) is 3.99. The highest BCUT2D eigenvalue weighted by atomic mass is 35.5. The Hall–Kier alpha value is -4.50. The molecule has 0 aliphatic rings. The third-order valence-corrected chi connectivity index (χ3v) is 6.54. The first kappa shape index (κ1) is 26.6. The summed E-state index contributed by atoms with van der Waals surface area (Å²) in [5.41, 5.74) is 2.83. The summed E-state index contributed by atoms with van der Waals surface area (Å²) in [5, 5.41) is 3.21. The predicted octanol–water partition coefficient (Wildman–Crippen LogP) is 4.24. The van der Waals surface area contributed by atoms with E-state index in [9.17, 15) is 19.2 Å². The van der Waals surface area contributed by atoms with Crippen LogP contribution in [0.3, 0.4) is 0 Å². The van der Waals surface area contributed by atoms with Crippen LogP contribution < -0.4 is 21.3 Å². The van der Waals surface area contributed by atoms with Gasteiger partial charge < -0.3 is 14.6 Å². The molecule has 9 nitrogen and oxygen atoms in total. The number of anilines is 1. The lowest BCUT2D eigenvalue weighted by Crippen LogP contribution is -2.40. The molecule has 4 aromatic rings. The highest BCUT2D eigenvalue weighted by Crippen LogP contribution is 2.39. The molecular formula is C28H25ClN4O5. The van der Waals surface area contributed by atoms with Gasteiger partial charge in [-0.3, -0.25) is 19.0 Å². The second-order valence-corrected chi connectivity index (χ2v) is 8.92. The van der Waals surface area contributed by atoms with Gasteiger partial charge in [-0.2, -0.15) is 0 Å². The van der Waals surface area contributed by atoms with Gasteiger partial charge in [-0.25, -0.2) is 9.78 Å². The molecule has 10 heteroatoms. The van der Waals surface area contributed by atoms with Crippen LogP contribution in [0.5, 0.6) is 5.88 Å². The number of pyridine rings is 1. The maximum atomic E-state index is 13.0. The predicted molar refractivity (Wildman–Crippen MR) is 146 cm³/mol. The van der Waals surface area contributed by atoms with Gasteiger partial charge in [0, 0.05) is 37.1 Å². The molecule has 2 heterocycles. The fourth-order valence-corrected chi connectivity index (χ4v) is 4.42. The number of aromatic nitrogens is 3. The highest BCUT2D eigenvalue weighted by Gasteiger charge is 2.19. The zero-order chi connectivity index (χ0) is 27.6. The molecule has 1 N–H and O–H groups in total. The molecular weight excluding hydrogens is 508 g/mol. The zero-order valence-electron chi connectivity index (χ0n) is 21.2. The van der Waals surface area contributed by atoms with Crippen molar-refractivity contribution in [2.75, 3.05) is 11.9 Å². The van der Waals surface area contributed by atoms with Crippen molar-refractivity contribution in [2.24, 2.45) is 14.1 Å². The fourth-order valence-electron chi connectivity index (χ4n) is 4.10. The summed E-state index contributed by atoms with van der Waals surface area (Å²) in [6.07, 6.45) is 1.91. The number of halogens is 1. The Balaban J connectivity index is 1.74. The summed E-state index contributed by atoms with van der Waals surface area (Å²) in [6, 6.07) is 14.2. The van der Waals surface area contributed by atoms with Gasteiger partial charge >= 0.3 is 5.69 Å². The van der Waals surface area contributed by atoms with Crippen LogP contribution in [0.2, 0.25) is 5.02 Å². The average Bonchev–Trinajstić information content (AvgIpc) is 2.91. The number of nitrogens with zero attached hydrogens (tertiary/aromatic N) is 3. The quantitative estimate of drug-likeness (QED) is 0.356. The van der Waals surface area contributed by atoms with Crippen LogP contribution in [0.15, 0.2) is 64.3 Å². The van der Waals surface area contributed by atoms with E-state index in [0.29, 0.717) is 46.0 Å². The van der Waals surface area contributed by atoms with E-state index in [0.717, 1.165) is 15.7 Å². The standard InChI is InChI=1S/C28H25ClN4O5/c1-5-38-26-17(15-34)12-13-23(31-26)20-10-6-9-19(24(20)29)18-8-7-11-22(16(18)2)30-25(35)21-14-32(3)28(37)33(4)27(21)36/h6-15H,5H2,1-4H3,(H,30,35). The van der Waals surface area contributed by atoms with Crippen molar-refractivity contribution >= 4 is 29.5 Å². The Morgan fingerprint density at radius 1 is 1.05 bits per heavy atom. The molecule has 194 valence electrons. The van der Waals surface area contributed by atoms with Crippen molar-refractivity contribution in [2.45, 2.75) is 13.8 Å². The van der Waals surface area contributed by atoms with Gasteiger partial charge in [-0.05, 0) is 43.2 Å². The lowest BCUT2D eigenvalue weighted by molar-refractivity contribution is 0.102. The minimum atomic E-state index is -0.685. The van der Waals surface area contributed by atoms with Crippen LogP contribution in [-0.4, -0.2) is 32.9 Å². The molecule has 0 saturated carbocycles. The number of aryl methyl sites for hydroxylation is 1. The Labute approximate surface area is 223 Å². The maximum Gasteiger partial charge on any atom is 0.330 e. The number of ether oxygens (including phenoxy) is 1. The van der Waals surface area contributed by atoms with E-state index < -0.39 is 17.2 Å². The van der Waals surface area contributed by atoms with E-state index in [1.54, 1.807) is 24.3 Å². The molecule has 0 bridgehead atoms. The molecule has 0 aliphatic heterocycles. The number of hydrogen-bond donors (Lipinski definition) is 1. The van der Waals surface area contributed by atoms with Crippen molar-refractivity contribution in [1.82, 2.24) is 14.1 Å². The smallest absolute Gasteiger partial charge is 0.330 e. The summed E-state index contributed by atoms with van der Waals surface area (Å²) in [7, 11) is 2.79. The Bertz CT molecular complexity index is 1690. The number of nitrogens with one attached hydrogen (secondary N) is 1. The Morgan fingerprint density at radius 2 is 1.74 bits per heavy atom. The van der Waals surface area contributed by atoms with E-state index in [-0.39, 0.29) is 11.4 Å². The SMILES string of the molecule is CCOc1nc(-c2cccc(-c3cccc(NC(=O)c4cn(C)c(=O)n(C)c4=O)c3C)c2Cl)ccc1C=O. The van der Waals surface area contributed by atoms with Crippen LogP contribution in [0.25, 0.3) is 22.4 Å². The number of benzene rings is 2. The molecule has 0 radical (unpaired) electrons. The fraction of sp³-hybridized carbons (Fsp3) is 0.179. The first-order chi connectivity index (χ1) is 18.2. The number of carbonyl (C=O) groups excluding carboxylic acids is 2. The van der Waals surface area contributed by atoms with Gasteiger partial charge in [0.1, 0.15) is 5.56 Å². The van der Waals surface area contributed by atoms with Crippen LogP contribution in [0.1, 0.15) is 33.2 Å². The summed E-state index contributed by atoms with van der Waals surface area (Å²) in [5.74, 6) is -0.406. The maximum absolute atomic E-state index is 13.0. The van der Waals surface area contributed by atoms with Crippen LogP contribution >= 0.6 is 11.6 Å². The molecule has 4 rings (SSSR count). The number of hydrogen-bond acceptors (Lipinski definition) is 6. The normalized spacial score (nSPS) is 10.8. The molecule has 0 aliphatic carbocycles. The van der Waals surface area contributed by atoms with Gasteiger partial charge in [-0.1, -0.05) is 41.9 Å². The average molecular weight is 533 g/mol. The topological polar surface area (TPSA) is 112 Å². The number of carbonyl (C=O) groups is 2. The lowest BCUT2D eigenvalue weighted by Gasteiger charge is -2.16. The summed E-state index contributed by atoms with van der Waals surface area (Å²) < 4.78 is 7.58. The molecule has 0 atom stereocenters. The van der Waals surface area contributed by atoms with E-state index in [4.69, 9.17) is 16.3 Å². The Kier molecular flexibility index (Phi) is 7.59. The van der Waals surface area contributed by atoms with Crippen LogP contribution in [-0.2, 0) is 14.1 Å². The largest absolute Gasteiger partial charge is 0.477 e. The van der Waals surface area contributed by atoms with E-state index in [1.807, 2.05) is 38.1 Å². The monoisotopic (exact) mass is 532 g/mol. The molecule has 0 fully saturated rings. The number of rotatable bonds is 7. The molecule has 2 aromatic carbocycles. The minimum Gasteiger partial charge on any atom is -0.477 e. The number of aldehydes is 1. The van der Waals surface area contributed by atoms with Gasteiger partial charge in [0.25, 0.3) is 11.5 Å². The lowest BCUT2D eigenvalue weighted by atomic mass is 9.96. The van der Waals surface area contributed by atoms with Crippen molar-refractivity contribution in [3.8, 4) is 28.3 Å². The van der Waals surface area contributed by atoms with E-state index in [1.165, 1.54) is 24.9 Å². The molecule has 0 saturated heterocycles. The molecule has 2 aromatic heterocycles. The van der Waals surface area contributed by atoms with Crippen LogP contribution in [0, 0.1) is 6.92 Å². The molecule has 0 unspecified atom stereocenters. The number of amides is 1. The molecule has 0 spiro atoms. The molecule has 1 amide bonds. The van der Waals surface area contributed by atoms with Gasteiger partial charge in [0.05, 0.1) is 22.9 Å². The summed E-state index contributed by atoms with van der Waals surface area (Å²) in [4.78, 5) is 53.3. The second-order valence-electron chi connectivity index (χ2n) is 8.54. The first-order valence-corrected chi connectivity index (χ1v) is 12.1. The first-order valence-electron chi connectivity index (χ1n) is 11.7.